The van der Waals surface area contributed by atoms with E-state index in [-0.39, 0.29) is 5.82 Å². The number of hydrogen-bond acceptors (Lipinski definition) is 4. The monoisotopic (exact) mass is 177 g/mol. The molecule has 0 atom stereocenters. The molecule has 0 spiro atoms. The standard InChI is InChI=1S/C8H7N3O2/c1-13-6-2-3-11-7(4-6)9-10-8(11)5-12/h2-5H,1H3. The maximum absolute atomic E-state index is 10.5. The number of hydrogen-bond donors (Lipinski definition) is 0. The molecule has 0 aliphatic carbocycles. The highest BCUT2D eigenvalue weighted by atomic mass is 16.5. The van der Waals surface area contributed by atoms with Crippen LogP contribution in [-0.4, -0.2) is 28.0 Å². The van der Waals surface area contributed by atoms with Crippen LogP contribution in [0.3, 0.4) is 0 Å². The van der Waals surface area contributed by atoms with E-state index >= 15 is 0 Å². The van der Waals surface area contributed by atoms with Gasteiger partial charge in [-0.15, -0.1) is 10.2 Å². The lowest BCUT2D eigenvalue weighted by Gasteiger charge is -1.98. The Morgan fingerprint density at radius 2 is 2.38 bits per heavy atom. The van der Waals surface area contributed by atoms with Crippen LogP contribution in [0.4, 0.5) is 0 Å². The molecule has 0 unspecified atom stereocenters. The Balaban J connectivity index is 2.67. The van der Waals surface area contributed by atoms with Crippen molar-refractivity contribution < 1.29 is 9.53 Å². The van der Waals surface area contributed by atoms with Crippen LogP contribution in [0.15, 0.2) is 18.3 Å². The molecule has 0 aliphatic rings. The van der Waals surface area contributed by atoms with Crippen molar-refractivity contribution in [3.63, 3.8) is 0 Å². The normalized spacial score (nSPS) is 10.2. The minimum atomic E-state index is 0.289. The quantitative estimate of drug-likeness (QED) is 0.628. The van der Waals surface area contributed by atoms with Gasteiger partial charge >= 0.3 is 0 Å². The summed E-state index contributed by atoms with van der Waals surface area (Å²) in [5.74, 6) is 0.981. The van der Waals surface area contributed by atoms with Crippen LogP contribution in [0.2, 0.25) is 0 Å². The molecule has 0 saturated heterocycles. The molecule has 5 heteroatoms. The zero-order chi connectivity index (χ0) is 9.26. The fourth-order valence-corrected chi connectivity index (χ4v) is 1.10. The van der Waals surface area contributed by atoms with E-state index in [2.05, 4.69) is 10.2 Å². The first-order chi connectivity index (χ1) is 6.35. The smallest absolute Gasteiger partial charge is 0.201 e. The number of rotatable bonds is 2. The van der Waals surface area contributed by atoms with Crippen LogP contribution in [0.5, 0.6) is 5.75 Å². The van der Waals surface area contributed by atoms with Gasteiger partial charge in [-0.1, -0.05) is 0 Å². The van der Waals surface area contributed by atoms with Gasteiger partial charge in [0, 0.05) is 12.3 Å². The van der Waals surface area contributed by atoms with E-state index in [9.17, 15) is 4.79 Å². The number of carbonyl (C=O) groups excluding carboxylic acids is 1. The van der Waals surface area contributed by atoms with Crippen LogP contribution in [0.25, 0.3) is 5.65 Å². The molecule has 0 saturated carbocycles. The van der Waals surface area contributed by atoms with Gasteiger partial charge in [-0.3, -0.25) is 9.20 Å². The minimum Gasteiger partial charge on any atom is -0.497 e. The second kappa shape index (κ2) is 2.85. The van der Waals surface area contributed by atoms with E-state index < -0.39 is 0 Å². The maximum atomic E-state index is 10.5. The highest BCUT2D eigenvalue weighted by Gasteiger charge is 2.03. The molecule has 0 amide bonds. The summed E-state index contributed by atoms with van der Waals surface area (Å²) in [7, 11) is 1.57. The van der Waals surface area contributed by atoms with Crippen molar-refractivity contribution in [2.45, 2.75) is 0 Å². The summed E-state index contributed by atoms with van der Waals surface area (Å²) in [6.45, 7) is 0. The number of methoxy groups -OCH3 is 1. The van der Waals surface area contributed by atoms with E-state index in [0.717, 1.165) is 0 Å². The summed E-state index contributed by atoms with van der Waals surface area (Å²) in [5.41, 5.74) is 0.599. The Hall–Kier alpha value is -1.91. The maximum Gasteiger partial charge on any atom is 0.201 e. The van der Waals surface area contributed by atoms with Crippen LogP contribution < -0.4 is 4.74 Å². The molecule has 0 aliphatic heterocycles. The first kappa shape index (κ1) is 7.72. The molecule has 13 heavy (non-hydrogen) atoms. The topological polar surface area (TPSA) is 56.5 Å². The first-order valence-electron chi connectivity index (χ1n) is 3.69. The van der Waals surface area contributed by atoms with Crippen LogP contribution >= 0.6 is 0 Å². The third-order valence-electron chi connectivity index (χ3n) is 1.75. The molecule has 2 heterocycles. The summed E-state index contributed by atoms with van der Waals surface area (Å²) < 4.78 is 6.59. The third-order valence-corrected chi connectivity index (χ3v) is 1.75. The first-order valence-corrected chi connectivity index (χ1v) is 3.69. The lowest BCUT2D eigenvalue weighted by molar-refractivity contribution is 0.111. The summed E-state index contributed by atoms with van der Waals surface area (Å²) in [5, 5.41) is 7.48. The molecule has 2 aromatic rings. The van der Waals surface area contributed by atoms with Crippen molar-refractivity contribution >= 4 is 11.9 Å². The van der Waals surface area contributed by atoms with Gasteiger partial charge in [0.05, 0.1) is 7.11 Å². The molecule has 2 rings (SSSR count). The molecule has 0 fully saturated rings. The molecule has 5 nitrogen and oxygen atoms in total. The lowest BCUT2D eigenvalue weighted by atomic mass is 10.4. The highest BCUT2D eigenvalue weighted by molar-refractivity contribution is 5.71. The number of pyridine rings is 1. The van der Waals surface area contributed by atoms with Gasteiger partial charge in [-0.25, -0.2) is 0 Å². The Morgan fingerprint density at radius 1 is 1.54 bits per heavy atom. The number of fused-ring (bicyclic) bond motifs is 1. The molecule has 0 radical (unpaired) electrons. The summed E-state index contributed by atoms with van der Waals surface area (Å²) >= 11 is 0. The van der Waals surface area contributed by atoms with Crippen molar-refractivity contribution in [3.05, 3.63) is 24.2 Å². The molecule has 0 aromatic carbocycles. The van der Waals surface area contributed by atoms with E-state index in [1.807, 2.05) is 0 Å². The van der Waals surface area contributed by atoms with E-state index in [1.165, 1.54) is 0 Å². The van der Waals surface area contributed by atoms with Gasteiger partial charge < -0.3 is 4.74 Å². The Morgan fingerprint density at radius 3 is 3.08 bits per heavy atom. The zero-order valence-electron chi connectivity index (χ0n) is 6.97. The second-order valence-corrected chi connectivity index (χ2v) is 2.47. The summed E-state index contributed by atoms with van der Waals surface area (Å²) in [6, 6.07) is 3.45. The van der Waals surface area contributed by atoms with Crippen molar-refractivity contribution in [3.8, 4) is 5.75 Å². The number of aldehydes is 1. The van der Waals surface area contributed by atoms with Gasteiger partial charge in [0.2, 0.25) is 5.82 Å². The fraction of sp³-hybridized carbons (Fsp3) is 0.125. The average Bonchev–Trinajstić information content (AvgIpc) is 2.59. The predicted molar refractivity (Wildman–Crippen MR) is 44.9 cm³/mol. The largest absolute Gasteiger partial charge is 0.497 e. The Kier molecular flexibility index (Phi) is 1.70. The van der Waals surface area contributed by atoms with E-state index in [4.69, 9.17) is 4.74 Å². The van der Waals surface area contributed by atoms with Crippen molar-refractivity contribution in [2.24, 2.45) is 0 Å². The summed E-state index contributed by atoms with van der Waals surface area (Å²) in [6.07, 6.45) is 2.35. The number of nitrogens with zero attached hydrogens (tertiary/aromatic N) is 3. The van der Waals surface area contributed by atoms with E-state index in [0.29, 0.717) is 17.7 Å². The Labute approximate surface area is 74.0 Å². The molecule has 66 valence electrons. The van der Waals surface area contributed by atoms with Gasteiger partial charge in [0.25, 0.3) is 0 Å². The molecule has 0 bridgehead atoms. The van der Waals surface area contributed by atoms with Gasteiger partial charge in [0.15, 0.2) is 11.9 Å². The Bertz CT molecular complexity index is 450. The van der Waals surface area contributed by atoms with Crippen LogP contribution in [0, 0.1) is 0 Å². The van der Waals surface area contributed by atoms with Gasteiger partial charge in [0.1, 0.15) is 5.75 Å². The molecular formula is C8H7N3O2. The number of aromatic nitrogens is 3. The van der Waals surface area contributed by atoms with E-state index in [1.54, 1.807) is 29.8 Å². The third kappa shape index (κ3) is 1.14. The molecular weight excluding hydrogens is 170 g/mol. The van der Waals surface area contributed by atoms with Crippen molar-refractivity contribution in [1.29, 1.82) is 0 Å². The number of carbonyl (C=O) groups is 1. The summed E-state index contributed by atoms with van der Waals surface area (Å²) in [4.78, 5) is 10.5. The average molecular weight is 177 g/mol. The van der Waals surface area contributed by atoms with Crippen molar-refractivity contribution in [1.82, 2.24) is 14.6 Å². The van der Waals surface area contributed by atoms with Gasteiger partial charge in [-0.05, 0) is 6.07 Å². The second-order valence-electron chi connectivity index (χ2n) is 2.47. The van der Waals surface area contributed by atoms with Crippen LogP contribution in [-0.2, 0) is 0 Å². The highest BCUT2D eigenvalue weighted by Crippen LogP contribution is 2.12. The van der Waals surface area contributed by atoms with Gasteiger partial charge in [-0.2, -0.15) is 0 Å². The SMILES string of the molecule is COc1ccn2c(C=O)nnc2c1. The lowest BCUT2D eigenvalue weighted by Crippen LogP contribution is -1.92. The molecule has 0 N–H and O–H groups in total. The fourth-order valence-electron chi connectivity index (χ4n) is 1.10. The van der Waals surface area contributed by atoms with Crippen molar-refractivity contribution in [2.75, 3.05) is 7.11 Å². The minimum absolute atomic E-state index is 0.289. The number of ether oxygens (including phenoxy) is 1. The zero-order valence-corrected chi connectivity index (χ0v) is 6.97. The molecule has 2 aromatic heterocycles. The predicted octanol–water partition coefficient (Wildman–Crippen LogP) is 0.550. The van der Waals surface area contributed by atoms with Crippen LogP contribution in [0.1, 0.15) is 10.6 Å².